The van der Waals surface area contributed by atoms with Crippen LogP contribution in [-0.2, 0) is 16.7 Å². The second-order valence-electron chi connectivity index (χ2n) is 7.59. The van der Waals surface area contributed by atoms with Crippen molar-refractivity contribution in [2.24, 2.45) is 0 Å². The molecular formula is C24H33FN2O4S. The summed E-state index contributed by atoms with van der Waals surface area (Å²) in [4.78, 5) is 16.9. The zero-order valence-electron chi connectivity index (χ0n) is 19.5. The van der Waals surface area contributed by atoms with E-state index in [9.17, 15) is 17.6 Å². The fourth-order valence-corrected chi connectivity index (χ4v) is 3.90. The molecule has 0 heterocycles. The molecule has 1 atom stereocenters. The first kappa shape index (κ1) is 25.6. The van der Waals surface area contributed by atoms with Crippen LogP contribution in [0.4, 0.5) is 10.1 Å². The number of carbonyl (C=O) groups is 1. The lowest BCUT2D eigenvalue weighted by atomic mass is 10.1. The first-order valence-electron chi connectivity index (χ1n) is 11.0. The topological polar surface area (TPSA) is 66.9 Å². The van der Waals surface area contributed by atoms with Gasteiger partial charge >= 0.3 is 10.1 Å². The highest BCUT2D eigenvalue weighted by Gasteiger charge is 2.24. The highest BCUT2D eigenvalue weighted by Crippen LogP contribution is 2.29. The molecule has 0 spiro atoms. The third-order valence-corrected chi connectivity index (χ3v) is 6.69. The number of amides is 1. The molecule has 0 fully saturated rings. The lowest BCUT2D eigenvalue weighted by molar-refractivity contribution is 0.0670. The number of rotatable bonds is 11. The fraction of sp³-hybridized carbons (Fsp3) is 0.458. The molecule has 0 saturated heterocycles. The second-order valence-corrected chi connectivity index (χ2v) is 9.45. The summed E-state index contributed by atoms with van der Waals surface area (Å²) in [7, 11) is -3.76. The van der Waals surface area contributed by atoms with Crippen molar-refractivity contribution in [2.45, 2.75) is 53.6 Å². The molecule has 0 aliphatic rings. The van der Waals surface area contributed by atoms with Crippen LogP contribution in [0, 0.1) is 5.82 Å². The van der Waals surface area contributed by atoms with Crippen LogP contribution in [-0.4, -0.2) is 44.1 Å². The highest BCUT2D eigenvalue weighted by atomic mass is 32.2. The van der Waals surface area contributed by atoms with Gasteiger partial charge in [-0.15, -0.1) is 0 Å². The number of hydrogen-bond donors (Lipinski definition) is 0. The Morgan fingerprint density at radius 1 is 1.06 bits per heavy atom. The quantitative estimate of drug-likeness (QED) is 0.445. The van der Waals surface area contributed by atoms with Gasteiger partial charge in [-0.1, -0.05) is 19.1 Å². The van der Waals surface area contributed by atoms with Crippen LogP contribution in [0.1, 0.15) is 57.0 Å². The first-order valence-corrected chi connectivity index (χ1v) is 12.6. The Bertz CT molecular complexity index is 1020. The predicted molar refractivity (Wildman–Crippen MR) is 126 cm³/mol. The van der Waals surface area contributed by atoms with Crippen LogP contribution in [0.2, 0.25) is 0 Å². The number of halogens is 1. The van der Waals surface area contributed by atoms with E-state index in [1.54, 1.807) is 23.1 Å². The Labute approximate surface area is 191 Å². The molecule has 176 valence electrons. The van der Waals surface area contributed by atoms with E-state index in [-0.39, 0.29) is 35.6 Å². The van der Waals surface area contributed by atoms with Gasteiger partial charge < -0.3 is 14.0 Å². The van der Waals surface area contributed by atoms with Gasteiger partial charge in [0.2, 0.25) is 0 Å². The summed E-state index contributed by atoms with van der Waals surface area (Å²) in [6, 6.07) is 10.8. The third kappa shape index (κ3) is 6.45. The van der Waals surface area contributed by atoms with E-state index in [1.807, 2.05) is 33.8 Å². The minimum atomic E-state index is -3.76. The normalized spacial score (nSPS) is 12.3. The summed E-state index contributed by atoms with van der Waals surface area (Å²) in [5.41, 5.74) is 1.66. The lowest BCUT2D eigenvalue weighted by Crippen LogP contribution is -2.38. The van der Waals surface area contributed by atoms with Crippen molar-refractivity contribution in [3.05, 3.63) is 59.4 Å². The molecule has 0 aliphatic heterocycles. The molecule has 8 heteroatoms. The van der Waals surface area contributed by atoms with Gasteiger partial charge in [0.1, 0.15) is 11.6 Å². The van der Waals surface area contributed by atoms with Crippen LogP contribution < -0.4 is 9.08 Å². The van der Waals surface area contributed by atoms with E-state index < -0.39 is 15.9 Å². The minimum absolute atomic E-state index is 0.136. The number of hydrogen-bond acceptors (Lipinski definition) is 5. The van der Waals surface area contributed by atoms with E-state index in [4.69, 9.17) is 4.18 Å². The van der Waals surface area contributed by atoms with Crippen molar-refractivity contribution in [3.63, 3.8) is 0 Å². The molecule has 1 amide bonds. The van der Waals surface area contributed by atoms with Crippen LogP contribution in [0.25, 0.3) is 0 Å². The molecule has 0 saturated carbocycles. The van der Waals surface area contributed by atoms with Gasteiger partial charge in [-0.2, -0.15) is 8.42 Å². The molecule has 6 nitrogen and oxygen atoms in total. The molecule has 0 radical (unpaired) electrons. The summed E-state index contributed by atoms with van der Waals surface area (Å²) in [5, 5.41) is 0. The standard InChI is InChI=1S/C24H33FN2O4S/c1-6-18(5)27(24(28)19-11-10-12-21(25)15-19)17-20-13-14-22(26(7-2)8-3)16-23(20)31-32(29,30)9-4/h10-16,18H,6-9,17H2,1-5H3/t18-/m0/s1. The van der Waals surface area contributed by atoms with E-state index in [1.165, 1.54) is 25.1 Å². The maximum atomic E-state index is 13.7. The smallest absolute Gasteiger partial charge is 0.308 e. The van der Waals surface area contributed by atoms with Crippen LogP contribution in [0.15, 0.2) is 42.5 Å². The SMILES string of the molecule is CC[C@H](C)N(Cc1ccc(N(CC)CC)cc1OS(=O)(=O)CC)C(=O)c1cccc(F)c1. The third-order valence-electron chi connectivity index (χ3n) is 5.55. The van der Waals surface area contributed by atoms with Crippen molar-refractivity contribution < 1.29 is 21.8 Å². The van der Waals surface area contributed by atoms with E-state index >= 15 is 0 Å². The van der Waals surface area contributed by atoms with Crippen molar-refractivity contribution in [2.75, 3.05) is 23.7 Å². The van der Waals surface area contributed by atoms with Gasteiger partial charge in [0.25, 0.3) is 5.91 Å². The average Bonchev–Trinajstić information content (AvgIpc) is 2.78. The summed E-state index contributed by atoms with van der Waals surface area (Å²) in [6.07, 6.45) is 0.683. The molecule has 0 N–H and O–H groups in total. The maximum Gasteiger partial charge on any atom is 0.308 e. The molecule has 0 bridgehead atoms. The van der Waals surface area contributed by atoms with E-state index in [0.717, 1.165) is 18.8 Å². The molecule has 32 heavy (non-hydrogen) atoms. The molecule has 2 rings (SSSR count). The molecular weight excluding hydrogens is 431 g/mol. The molecule has 2 aromatic rings. The van der Waals surface area contributed by atoms with Gasteiger partial charge in [-0.25, -0.2) is 4.39 Å². The largest absolute Gasteiger partial charge is 0.382 e. The van der Waals surface area contributed by atoms with Gasteiger partial charge in [-0.05, 0) is 58.4 Å². The molecule has 0 aromatic heterocycles. The maximum absolute atomic E-state index is 13.7. The van der Waals surface area contributed by atoms with Crippen LogP contribution in [0.3, 0.4) is 0 Å². The molecule has 2 aromatic carbocycles. The van der Waals surface area contributed by atoms with Crippen molar-refractivity contribution >= 4 is 21.7 Å². The second kappa shape index (κ2) is 11.3. The first-order chi connectivity index (χ1) is 15.1. The lowest BCUT2D eigenvalue weighted by Gasteiger charge is -2.30. The van der Waals surface area contributed by atoms with Crippen molar-refractivity contribution in [1.29, 1.82) is 0 Å². The van der Waals surface area contributed by atoms with Gasteiger partial charge in [0.05, 0.1) is 5.75 Å². The number of anilines is 1. The van der Waals surface area contributed by atoms with E-state index in [0.29, 0.717) is 12.0 Å². The molecule has 0 unspecified atom stereocenters. The minimum Gasteiger partial charge on any atom is -0.382 e. The Kier molecular flexibility index (Phi) is 9.07. The summed E-state index contributed by atoms with van der Waals surface area (Å²) < 4.78 is 43.6. The van der Waals surface area contributed by atoms with Gasteiger partial charge in [0, 0.05) is 48.6 Å². The Balaban J connectivity index is 2.50. The monoisotopic (exact) mass is 464 g/mol. The zero-order valence-corrected chi connectivity index (χ0v) is 20.3. The van der Waals surface area contributed by atoms with Crippen LogP contribution in [0.5, 0.6) is 5.75 Å². The van der Waals surface area contributed by atoms with Gasteiger partial charge in [0.15, 0.2) is 0 Å². The van der Waals surface area contributed by atoms with Crippen molar-refractivity contribution in [1.82, 2.24) is 4.90 Å². The highest BCUT2D eigenvalue weighted by molar-refractivity contribution is 7.87. The van der Waals surface area contributed by atoms with Crippen LogP contribution >= 0.6 is 0 Å². The van der Waals surface area contributed by atoms with Gasteiger partial charge in [-0.3, -0.25) is 4.79 Å². The Morgan fingerprint density at radius 2 is 1.75 bits per heavy atom. The van der Waals surface area contributed by atoms with Crippen molar-refractivity contribution in [3.8, 4) is 5.75 Å². The average molecular weight is 465 g/mol. The predicted octanol–water partition coefficient (Wildman–Crippen LogP) is 4.84. The Hall–Kier alpha value is -2.61. The number of benzene rings is 2. The summed E-state index contributed by atoms with van der Waals surface area (Å²) in [6.45, 7) is 11.1. The summed E-state index contributed by atoms with van der Waals surface area (Å²) in [5.74, 6) is -0.770. The Morgan fingerprint density at radius 3 is 2.31 bits per heavy atom. The number of nitrogens with zero attached hydrogens (tertiary/aromatic N) is 2. The number of carbonyl (C=O) groups excluding carboxylic acids is 1. The summed E-state index contributed by atoms with van der Waals surface area (Å²) >= 11 is 0. The zero-order chi connectivity index (χ0) is 23.9. The molecule has 0 aliphatic carbocycles. The van der Waals surface area contributed by atoms with E-state index in [2.05, 4.69) is 4.90 Å². The fourth-order valence-electron chi connectivity index (χ4n) is 3.35.